The van der Waals surface area contributed by atoms with Crippen LogP contribution in [0.5, 0.6) is 11.5 Å². The smallest absolute Gasteiger partial charge is 0.127 e. The predicted octanol–water partition coefficient (Wildman–Crippen LogP) is 3.78. The molecule has 2 N–H and O–H groups in total. The summed E-state index contributed by atoms with van der Waals surface area (Å²) in [4.78, 5) is 0. The third-order valence-corrected chi connectivity index (χ3v) is 3.25. The van der Waals surface area contributed by atoms with Crippen LogP contribution in [-0.4, -0.2) is 11.7 Å². The van der Waals surface area contributed by atoms with Gasteiger partial charge in [-0.3, -0.25) is 0 Å². The van der Waals surface area contributed by atoms with Gasteiger partial charge in [0.25, 0.3) is 0 Å². The van der Waals surface area contributed by atoms with Crippen LogP contribution in [0, 0.1) is 5.82 Å². The van der Waals surface area contributed by atoms with Crippen LogP contribution >= 0.6 is 0 Å². The Balaban J connectivity index is 1.96. The van der Waals surface area contributed by atoms with Crippen LogP contribution in [0.25, 0.3) is 0 Å². The lowest BCUT2D eigenvalue weighted by Crippen LogP contribution is -2.18. The minimum Gasteiger partial charge on any atom is -0.508 e. The van der Waals surface area contributed by atoms with Gasteiger partial charge in [-0.2, -0.15) is 0 Å². The summed E-state index contributed by atoms with van der Waals surface area (Å²) in [5, 5.41) is 12.7. The second-order valence-corrected chi connectivity index (χ2v) is 4.92. The quantitative estimate of drug-likeness (QED) is 0.850. The average molecular weight is 289 g/mol. The molecule has 0 amide bonds. The third-order valence-electron chi connectivity index (χ3n) is 3.25. The summed E-state index contributed by atoms with van der Waals surface area (Å²) in [7, 11) is 0. The lowest BCUT2D eigenvalue weighted by molar-refractivity contribution is 0.340. The molecule has 4 heteroatoms. The van der Waals surface area contributed by atoms with E-state index < -0.39 is 5.82 Å². The molecule has 0 saturated carbocycles. The van der Waals surface area contributed by atoms with Gasteiger partial charge in [-0.15, -0.1) is 0 Å². The second-order valence-electron chi connectivity index (χ2n) is 4.92. The van der Waals surface area contributed by atoms with Gasteiger partial charge in [0.15, 0.2) is 0 Å². The number of phenolic OH excluding ortho intramolecular Hbond substituents is 1. The number of nitrogens with one attached hydrogen (secondary N) is 1. The number of hydrogen-bond acceptors (Lipinski definition) is 3. The van der Waals surface area contributed by atoms with E-state index in [1.165, 1.54) is 6.07 Å². The topological polar surface area (TPSA) is 41.5 Å². The Morgan fingerprint density at radius 3 is 2.52 bits per heavy atom. The fourth-order valence-corrected chi connectivity index (χ4v) is 2.14. The lowest BCUT2D eigenvalue weighted by Gasteiger charge is -2.15. The van der Waals surface area contributed by atoms with E-state index in [2.05, 4.69) is 5.32 Å². The highest BCUT2D eigenvalue weighted by atomic mass is 19.1. The van der Waals surface area contributed by atoms with E-state index >= 15 is 0 Å². The molecule has 3 nitrogen and oxygen atoms in total. The normalized spacial score (nSPS) is 12.1. The Kier molecular flexibility index (Phi) is 5.17. The molecule has 0 aliphatic rings. The molecule has 0 fully saturated rings. The minimum atomic E-state index is -0.430. The van der Waals surface area contributed by atoms with Gasteiger partial charge in [0, 0.05) is 18.7 Å². The van der Waals surface area contributed by atoms with Gasteiger partial charge >= 0.3 is 0 Å². The van der Waals surface area contributed by atoms with Gasteiger partial charge in [0.05, 0.1) is 6.61 Å². The van der Waals surface area contributed by atoms with Gasteiger partial charge in [0.1, 0.15) is 17.3 Å². The second kappa shape index (κ2) is 7.09. The maximum atomic E-state index is 13.2. The zero-order valence-corrected chi connectivity index (χ0v) is 12.3. The summed E-state index contributed by atoms with van der Waals surface area (Å²) in [6.07, 6.45) is 0. The maximum Gasteiger partial charge on any atom is 0.127 e. The van der Waals surface area contributed by atoms with Gasteiger partial charge < -0.3 is 15.2 Å². The summed E-state index contributed by atoms with van der Waals surface area (Å²) in [6.45, 7) is 5.12. The molecule has 2 rings (SSSR count). The number of benzene rings is 2. The Morgan fingerprint density at radius 1 is 1.19 bits per heavy atom. The summed E-state index contributed by atoms with van der Waals surface area (Å²) >= 11 is 0. The third kappa shape index (κ3) is 4.46. The van der Waals surface area contributed by atoms with Crippen LogP contribution in [-0.2, 0) is 6.54 Å². The zero-order valence-electron chi connectivity index (χ0n) is 12.3. The van der Waals surface area contributed by atoms with Crippen LogP contribution in [0.4, 0.5) is 4.39 Å². The molecule has 0 aliphatic heterocycles. The Morgan fingerprint density at radius 2 is 1.90 bits per heavy atom. The molecule has 1 atom stereocenters. The molecular formula is C17H20FNO2. The predicted molar refractivity (Wildman–Crippen MR) is 80.9 cm³/mol. The first kappa shape index (κ1) is 15.3. The van der Waals surface area contributed by atoms with Crippen LogP contribution < -0.4 is 10.1 Å². The monoisotopic (exact) mass is 289 g/mol. The van der Waals surface area contributed by atoms with E-state index in [-0.39, 0.29) is 11.8 Å². The summed E-state index contributed by atoms with van der Waals surface area (Å²) in [6, 6.07) is 12.1. The largest absolute Gasteiger partial charge is 0.508 e. The van der Waals surface area contributed by atoms with Crippen LogP contribution in [0.15, 0.2) is 42.5 Å². The molecule has 0 spiro atoms. The van der Waals surface area contributed by atoms with Gasteiger partial charge in [0.2, 0.25) is 0 Å². The van der Waals surface area contributed by atoms with Crippen molar-refractivity contribution < 1.29 is 14.2 Å². The van der Waals surface area contributed by atoms with Crippen LogP contribution in [0.1, 0.15) is 31.0 Å². The Labute approximate surface area is 124 Å². The number of halogens is 1. The van der Waals surface area contributed by atoms with Crippen LogP contribution in [0.2, 0.25) is 0 Å². The number of aromatic hydroxyl groups is 1. The number of hydrogen-bond donors (Lipinski definition) is 2. The van der Waals surface area contributed by atoms with Crippen molar-refractivity contribution in [1.82, 2.24) is 5.32 Å². The lowest BCUT2D eigenvalue weighted by atomic mass is 10.1. The fourth-order valence-electron chi connectivity index (χ4n) is 2.14. The average Bonchev–Trinajstić information content (AvgIpc) is 2.45. The molecule has 1 unspecified atom stereocenters. The molecular weight excluding hydrogens is 269 g/mol. The van der Waals surface area contributed by atoms with Crippen molar-refractivity contribution in [3.63, 3.8) is 0 Å². The highest BCUT2D eigenvalue weighted by molar-refractivity contribution is 5.30. The van der Waals surface area contributed by atoms with Crippen molar-refractivity contribution in [3.8, 4) is 11.5 Å². The van der Waals surface area contributed by atoms with Crippen molar-refractivity contribution in [3.05, 3.63) is 59.4 Å². The highest BCUT2D eigenvalue weighted by Gasteiger charge is 2.06. The molecule has 0 radical (unpaired) electrons. The Bertz CT molecular complexity index is 564. The van der Waals surface area contributed by atoms with Crippen LogP contribution in [0.3, 0.4) is 0 Å². The van der Waals surface area contributed by atoms with Gasteiger partial charge in [-0.05, 0) is 49.2 Å². The van der Waals surface area contributed by atoms with E-state index in [4.69, 9.17) is 4.74 Å². The van der Waals surface area contributed by atoms with E-state index in [0.29, 0.717) is 18.7 Å². The number of phenols is 1. The van der Waals surface area contributed by atoms with Gasteiger partial charge in [-0.25, -0.2) is 4.39 Å². The minimum absolute atomic E-state index is 0.0551. The molecule has 0 bridgehead atoms. The maximum absolute atomic E-state index is 13.2. The van der Waals surface area contributed by atoms with Crippen molar-refractivity contribution in [2.45, 2.75) is 26.4 Å². The number of ether oxygens (including phenoxy) is 1. The summed E-state index contributed by atoms with van der Waals surface area (Å²) in [5.74, 6) is 0.365. The highest BCUT2D eigenvalue weighted by Crippen LogP contribution is 2.19. The van der Waals surface area contributed by atoms with E-state index in [1.54, 1.807) is 6.07 Å². The molecule has 112 valence electrons. The molecule has 0 heterocycles. The van der Waals surface area contributed by atoms with E-state index in [0.717, 1.165) is 17.4 Å². The summed E-state index contributed by atoms with van der Waals surface area (Å²) < 4.78 is 18.6. The SMILES string of the molecule is CCOc1ccc(C(C)NCc2cc(O)cc(F)c2)cc1. The molecule has 0 aromatic heterocycles. The van der Waals surface area contributed by atoms with Crippen molar-refractivity contribution in [2.75, 3.05) is 6.61 Å². The first-order valence-electron chi connectivity index (χ1n) is 7.03. The van der Waals surface area contributed by atoms with E-state index in [9.17, 15) is 9.50 Å². The molecule has 2 aromatic rings. The van der Waals surface area contributed by atoms with Crippen molar-refractivity contribution >= 4 is 0 Å². The van der Waals surface area contributed by atoms with Crippen molar-refractivity contribution in [1.29, 1.82) is 0 Å². The number of rotatable bonds is 6. The fraction of sp³-hybridized carbons (Fsp3) is 0.294. The van der Waals surface area contributed by atoms with Gasteiger partial charge in [-0.1, -0.05) is 12.1 Å². The molecule has 2 aromatic carbocycles. The standard InChI is InChI=1S/C17H20FNO2/c1-3-21-17-6-4-14(5-7-17)12(2)19-11-13-8-15(18)10-16(20)9-13/h4-10,12,19-20H,3,11H2,1-2H3. The molecule has 0 saturated heterocycles. The molecule has 0 aliphatic carbocycles. The summed E-state index contributed by atoms with van der Waals surface area (Å²) in [5.41, 5.74) is 1.84. The van der Waals surface area contributed by atoms with E-state index in [1.807, 2.05) is 38.1 Å². The zero-order chi connectivity index (χ0) is 15.2. The first-order chi connectivity index (χ1) is 10.1. The Hall–Kier alpha value is -2.07. The first-order valence-corrected chi connectivity index (χ1v) is 7.03. The molecule has 21 heavy (non-hydrogen) atoms. The van der Waals surface area contributed by atoms with Crippen molar-refractivity contribution in [2.24, 2.45) is 0 Å².